The lowest BCUT2D eigenvalue weighted by molar-refractivity contribution is -0.140. The molecule has 0 unspecified atom stereocenters. The summed E-state index contributed by atoms with van der Waals surface area (Å²) in [5, 5.41) is 11.6. The van der Waals surface area contributed by atoms with Crippen LogP contribution in [0.4, 0.5) is 0 Å². The van der Waals surface area contributed by atoms with Crippen molar-refractivity contribution in [2.75, 3.05) is 20.3 Å². The number of hydrogen-bond acceptors (Lipinski definition) is 7. The second-order valence-electron chi connectivity index (χ2n) is 10.7. The molecule has 3 aromatic rings. The van der Waals surface area contributed by atoms with Crippen LogP contribution in [0.2, 0.25) is 0 Å². The van der Waals surface area contributed by atoms with Crippen molar-refractivity contribution < 1.29 is 33.6 Å². The van der Waals surface area contributed by atoms with E-state index in [0.717, 1.165) is 29.7 Å². The van der Waals surface area contributed by atoms with Gasteiger partial charge in [-0.1, -0.05) is 36.4 Å². The van der Waals surface area contributed by atoms with Gasteiger partial charge in [0.15, 0.2) is 11.5 Å². The van der Waals surface area contributed by atoms with Crippen molar-refractivity contribution in [2.45, 2.75) is 51.0 Å². The molecule has 41 heavy (non-hydrogen) atoms. The van der Waals surface area contributed by atoms with E-state index in [1.54, 1.807) is 31.4 Å². The number of methoxy groups -OCH3 is 1. The molecule has 3 aromatic carbocycles. The van der Waals surface area contributed by atoms with Crippen molar-refractivity contribution in [1.29, 1.82) is 0 Å². The Balaban J connectivity index is 1.39. The quantitative estimate of drug-likeness (QED) is 0.232. The lowest BCUT2D eigenvalue weighted by Gasteiger charge is -2.28. The Bertz CT molecular complexity index is 1490. The number of fused-ring (bicyclic) bond motifs is 1. The van der Waals surface area contributed by atoms with Crippen LogP contribution in [0.25, 0.3) is 5.76 Å². The first-order valence-corrected chi connectivity index (χ1v) is 14.0. The first-order valence-electron chi connectivity index (χ1n) is 14.0. The molecule has 1 N–H and O–H groups in total. The molecule has 0 saturated carbocycles. The van der Waals surface area contributed by atoms with Crippen LogP contribution in [0.3, 0.4) is 0 Å². The van der Waals surface area contributed by atoms with Crippen molar-refractivity contribution in [1.82, 2.24) is 4.90 Å². The smallest absolute Gasteiger partial charge is 0.295 e. The van der Waals surface area contributed by atoms with Gasteiger partial charge in [0.05, 0.1) is 24.8 Å². The van der Waals surface area contributed by atoms with Crippen molar-refractivity contribution in [2.24, 2.45) is 0 Å². The second kappa shape index (κ2) is 11.3. The Labute approximate surface area is 239 Å². The number of rotatable bonds is 8. The lowest BCUT2D eigenvalue weighted by Crippen LogP contribution is -2.36. The number of aliphatic hydroxyl groups is 1. The number of Topliss-reactive ketones (excluding diaryl/α,β-unsaturated/α-hetero) is 1. The van der Waals surface area contributed by atoms with Gasteiger partial charge in [-0.15, -0.1) is 0 Å². The summed E-state index contributed by atoms with van der Waals surface area (Å²) in [5.41, 5.74) is 3.10. The van der Waals surface area contributed by atoms with Gasteiger partial charge in [0, 0.05) is 25.1 Å². The Hall–Kier alpha value is -4.30. The number of aliphatic hydroxyl groups excluding tert-OH is 1. The molecule has 0 aromatic heterocycles. The summed E-state index contributed by atoms with van der Waals surface area (Å²) in [6, 6.07) is 19.7. The third kappa shape index (κ3) is 5.27. The molecule has 0 radical (unpaired) electrons. The standard InChI is InChI=1S/C33H33NO7/c1-20-15-24-16-23(11-12-26(24)41-20)31(35)29-30(34(33(37)32(29)36)18-25-9-6-14-39-25)22-10-13-27(28(17-22)38-2)40-19-21-7-4-3-5-8-21/h3-5,7-8,10-13,16-17,20,25,30,35H,6,9,14-15,18-19H2,1-2H3/t20-,25+,30-/m1/s1. The van der Waals surface area contributed by atoms with Crippen LogP contribution >= 0.6 is 0 Å². The van der Waals surface area contributed by atoms with Crippen LogP contribution in [-0.4, -0.2) is 54.2 Å². The maximum atomic E-state index is 13.5. The maximum Gasteiger partial charge on any atom is 0.295 e. The van der Waals surface area contributed by atoms with Gasteiger partial charge in [0.1, 0.15) is 24.2 Å². The molecule has 3 aliphatic rings. The highest BCUT2D eigenvalue weighted by molar-refractivity contribution is 6.46. The van der Waals surface area contributed by atoms with Crippen LogP contribution in [0.5, 0.6) is 17.2 Å². The summed E-state index contributed by atoms with van der Waals surface area (Å²) in [6.45, 7) is 3.21. The van der Waals surface area contributed by atoms with Crippen molar-refractivity contribution in [3.05, 3.63) is 94.6 Å². The molecule has 6 rings (SSSR count). The number of likely N-dealkylation sites (tertiary alicyclic amines) is 1. The van der Waals surface area contributed by atoms with Crippen molar-refractivity contribution >= 4 is 17.4 Å². The van der Waals surface area contributed by atoms with Crippen LogP contribution in [-0.2, 0) is 27.4 Å². The second-order valence-corrected chi connectivity index (χ2v) is 10.7. The molecular weight excluding hydrogens is 522 g/mol. The van der Waals surface area contributed by atoms with Crippen molar-refractivity contribution in [3.8, 4) is 17.2 Å². The van der Waals surface area contributed by atoms with E-state index in [9.17, 15) is 14.7 Å². The monoisotopic (exact) mass is 555 g/mol. The fraction of sp³-hybridized carbons (Fsp3) is 0.333. The van der Waals surface area contributed by atoms with Gasteiger partial charge in [-0.25, -0.2) is 0 Å². The number of carbonyl (C=O) groups is 2. The largest absolute Gasteiger partial charge is 0.507 e. The Kier molecular flexibility index (Phi) is 7.41. The molecular formula is C33H33NO7. The van der Waals surface area contributed by atoms with Gasteiger partial charge < -0.3 is 29.0 Å². The maximum absolute atomic E-state index is 13.5. The number of ketones is 1. The van der Waals surface area contributed by atoms with E-state index < -0.39 is 17.7 Å². The number of hydrogen-bond donors (Lipinski definition) is 1. The van der Waals surface area contributed by atoms with E-state index in [-0.39, 0.29) is 30.1 Å². The zero-order valence-electron chi connectivity index (χ0n) is 23.2. The van der Waals surface area contributed by atoms with Crippen molar-refractivity contribution in [3.63, 3.8) is 0 Å². The lowest BCUT2D eigenvalue weighted by atomic mass is 9.94. The number of ether oxygens (including phenoxy) is 4. The molecule has 2 fully saturated rings. The fourth-order valence-electron chi connectivity index (χ4n) is 5.86. The zero-order valence-corrected chi connectivity index (χ0v) is 23.2. The van der Waals surface area contributed by atoms with Crippen LogP contribution in [0, 0.1) is 0 Å². The fourth-order valence-corrected chi connectivity index (χ4v) is 5.86. The summed E-state index contributed by atoms with van der Waals surface area (Å²) in [4.78, 5) is 28.5. The van der Waals surface area contributed by atoms with Crippen LogP contribution < -0.4 is 14.2 Å². The molecule has 8 heteroatoms. The number of carbonyl (C=O) groups excluding carboxylic acids is 2. The van der Waals surface area contributed by atoms with Gasteiger partial charge in [0.25, 0.3) is 11.7 Å². The number of nitrogens with zero attached hydrogens (tertiary/aromatic N) is 1. The molecule has 212 valence electrons. The van der Waals surface area contributed by atoms with E-state index in [0.29, 0.717) is 42.3 Å². The Morgan fingerprint density at radius 3 is 2.63 bits per heavy atom. The summed E-state index contributed by atoms with van der Waals surface area (Å²) in [6.07, 6.45) is 2.26. The van der Waals surface area contributed by atoms with Gasteiger partial charge >= 0.3 is 0 Å². The topological polar surface area (TPSA) is 94.5 Å². The van der Waals surface area contributed by atoms with Gasteiger partial charge in [0.2, 0.25) is 0 Å². The molecule has 2 saturated heterocycles. The van der Waals surface area contributed by atoms with E-state index >= 15 is 0 Å². The summed E-state index contributed by atoms with van der Waals surface area (Å²) < 4.78 is 23.3. The highest BCUT2D eigenvalue weighted by atomic mass is 16.5. The Morgan fingerprint density at radius 1 is 1.05 bits per heavy atom. The minimum Gasteiger partial charge on any atom is -0.507 e. The van der Waals surface area contributed by atoms with Gasteiger partial charge in [-0.3, -0.25) is 9.59 Å². The minimum absolute atomic E-state index is 0.0366. The number of benzene rings is 3. The summed E-state index contributed by atoms with van der Waals surface area (Å²) >= 11 is 0. The summed E-state index contributed by atoms with van der Waals surface area (Å²) in [5.74, 6) is 0.162. The minimum atomic E-state index is -0.820. The molecule has 0 bridgehead atoms. The predicted molar refractivity (Wildman–Crippen MR) is 152 cm³/mol. The van der Waals surface area contributed by atoms with E-state index in [1.807, 2.05) is 49.4 Å². The van der Waals surface area contributed by atoms with Gasteiger partial charge in [-0.2, -0.15) is 0 Å². The van der Waals surface area contributed by atoms with E-state index in [2.05, 4.69) is 0 Å². The third-order valence-corrected chi connectivity index (χ3v) is 7.87. The summed E-state index contributed by atoms with van der Waals surface area (Å²) in [7, 11) is 1.55. The number of amides is 1. The predicted octanol–water partition coefficient (Wildman–Crippen LogP) is 5.20. The van der Waals surface area contributed by atoms with E-state index in [4.69, 9.17) is 18.9 Å². The SMILES string of the molecule is COc1cc([C@@H]2C(=C(O)c3ccc4c(c3)C[C@@H](C)O4)C(=O)C(=O)N2C[C@@H]2CCCO2)ccc1OCc1ccccc1. The normalized spacial score (nSPS) is 23.0. The van der Waals surface area contributed by atoms with Crippen LogP contribution in [0.1, 0.15) is 48.1 Å². The first-order chi connectivity index (χ1) is 19.9. The van der Waals surface area contributed by atoms with Gasteiger partial charge in [-0.05, 0) is 66.8 Å². The molecule has 8 nitrogen and oxygen atoms in total. The molecule has 0 aliphatic carbocycles. The highest BCUT2D eigenvalue weighted by Crippen LogP contribution is 2.43. The highest BCUT2D eigenvalue weighted by Gasteiger charge is 2.47. The Morgan fingerprint density at radius 2 is 1.88 bits per heavy atom. The molecule has 1 amide bonds. The third-order valence-electron chi connectivity index (χ3n) is 7.87. The zero-order chi connectivity index (χ0) is 28.5. The molecule has 0 spiro atoms. The average Bonchev–Trinajstić information content (AvgIpc) is 3.70. The molecule has 3 aliphatic heterocycles. The molecule has 3 heterocycles. The first kappa shape index (κ1) is 26.9. The van der Waals surface area contributed by atoms with E-state index in [1.165, 1.54) is 4.90 Å². The molecule has 3 atom stereocenters. The average molecular weight is 556 g/mol. The van der Waals surface area contributed by atoms with Crippen LogP contribution in [0.15, 0.2) is 72.3 Å².